The second kappa shape index (κ2) is 6.68. The number of nitrogens with one attached hydrogen (secondary N) is 1. The predicted molar refractivity (Wildman–Crippen MR) is 112 cm³/mol. The molecule has 5 rings (SSSR count). The largest absolute Gasteiger partial charge is 0.493 e. The van der Waals surface area contributed by atoms with Gasteiger partial charge in [0.25, 0.3) is 0 Å². The molecule has 2 N–H and O–H groups in total. The number of hydrogen-bond acceptors (Lipinski definition) is 7. The third-order valence-corrected chi connectivity index (χ3v) is 5.28. The minimum atomic E-state index is -0.456. The summed E-state index contributed by atoms with van der Waals surface area (Å²) in [6.45, 7) is 1.96. The van der Waals surface area contributed by atoms with Crippen molar-refractivity contribution in [1.29, 1.82) is 0 Å². The second-order valence-electron chi connectivity index (χ2n) is 6.57. The van der Waals surface area contributed by atoms with E-state index < -0.39 is 5.63 Å². The molecule has 29 heavy (non-hydrogen) atoms. The maximum Gasteiger partial charge on any atom is 0.345 e. The van der Waals surface area contributed by atoms with Gasteiger partial charge in [-0.1, -0.05) is 29.8 Å². The van der Waals surface area contributed by atoms with Crippen LogP contribution in [-0.2, 0) is 0 Å². The first-order chi connectivity index (χ1) is 14.1. The van der Waals surface area contributed by atoms with Gasteiger partial charge in [0.1, 0.15) is 5.58 Å². The van der Waals surface area contributed by atoms with Crippen LogP contribution in [0.25, 0.3) is 33.1 Å². The van der Waals surface area contributed by atoms with Crippen molar-refractivity contribution in [2.75, 3.05) is 0 Å². The van der Waals surface area contributed by atoms with Crippen molar-refractivity contribution in [1.82, 2.24) is 9.97 Å². The van der Waals surface area contributed by atoms with Gasteiger partial charge < -0.3 is 14.5 Å². The van der Waals surface area contributed by atoms with Gasteiger partial charge in [-0.3, -0.25) is 0 Å². The molecule has 0 saturated carbocycles. The normalized spacial score (nSPS) is 11.8. The summed E-state index contributed by atoms with van der Waals surface area (Å²) >= 11 is 1.25. The Labute approximate surface area is 168 Å². The lowest BCUT2D eigenvalue weighted by atomic mass is 10.1. The van der Waals surface area contributed by atoms with Crippen molar-refractivity contribution in [3.63, 3.8) is 0 Å². The number of thiazole rings is 1. The van der Waals surface area contributed by atoms with Gasteiger partial charge in [-0.2, -0.15) is 0 Å². The topological polar surface area (TPSA) is 104 Å². The van der Waals surface area contributed by atoms with Crippen LogP contribution in [0.4, 0.5) is 10.8 Å². The van der Waals surface area contributed by atoms with Crippen LogP contribution in [0.5, 0.6) is 5.88 Å². The zero-order valence-corrected chi connectivity index (χ0v) is 16.0. The summed E-state index contributed by atoms with van der Waals surface area (Å²) in [4.78, 5) is 19.6. The summed E-state index contributed by atoms with van der Waals surface area (Å²) in [5.41, 5.74) is 3.09. The molecular formula is C21H14N4O3S. The van der Waals surface area contributed by atoms with Gasteiger partial charge in [-0.15, -0.1) is 21.6 Å². The van der Waals surface area contributed by atoms with Crippen LogP contribution >= 0.6 is 11.3 Å². The van der Waals surface area contributed by atoms with Crippen LogP contribution in [0.15, 0.2) is 73.4 Å². The van der Waals surface area contributed by atoms with Gasteiger partial charge in [-0.25, -0.2) is 9.78 Å². The molecule has 0 aliphatic heterocycles. The molecule has 0 aliphatic carbocycles. The maximum atomic E-state index is 12.3. The fourth-order valence-electron chi connectivity index (χ4n) is 3.15. The highest BCUT2D eigenvalue weighted by atomic mass is 32.1. The fourth-order valence-corrected chi connectivity index (χ4v) is 3.78. The smallest absolute Gasteiger partial charge is 0.345 e. The van der Waals surface area contributed by atoms with Crippen molar-refractivity contribution in [3.8, 4) is 17.1 Å². The number of nitrogens with zero attached hydrogens (tertiary/aromatic N) is 3. The quantitative estimate of drug-likeness (QED) is 0.293. The molecule has 3 heterocycles. The molecule has 0 atom stereocenters. The van der Waals surface area contributed by atoms with Crippen LogP contribution in [0.3, 0.4) is 0 Å². The third kappa shape index (κ3) is 3.09. The molecule has 0 bridgehead atoms. The van der Waals surface area contributed by atoms with Crippen molar-refractivity contribution in [3.05, 3.63) is 69.9 Å². The molecule has 0 unspecified atom stereocenters. The lowest BCUT2D eigenvalue weighted by Crippen LogP contribution is -2.02. The van der Waals surface area contributed by atoms with E-state index in [9.17, 15) is 9.90 Å². The van der Waals surface area contributed by atoms with Crippen LogP contribution in [0.1, 0.15) is 5.56 Å². The highest BCUT2D eigenvalue weighted by molar-refractivity contribution is 7.13. The Kier molecular flexibility index (Phi) is 3.99. The van der Waals surface area contributed by atoms with Crippen molar-refractivity contribution in [2.24, 2.45) is 10.2 Å². The van der Waals surface area contributed by atoms with Crippen molar-refractivity contribution >= 4 is 44.0 Å². The average molecular weight is 402 g/mol. The lowest BCUT2D eigenvalue weighted by Gasteiger charge is -1.98. The Hall–Kier alpha value is -3.78. The van der Waals surface area contributed by atoms with Crippen molar-refractivity contribution < 1.29 is 9.52 Å². The lowest BCUT2D eigenvalue weighted by molar-refractivity contribution is 0.459. The van der Waals surface area contributed by atoms with Crippen LogP contribution in [0.2, 0.25) is 0 Å². The zero-order chi connectivity index (χ0) is 20.0. The monoisotopic (exact) mass is 402 g/mol. The highest BCUT2D eigenvalue weighted by Crippen LogP contribution is 2.37. The minimum absolute atomic E-state index is 0.0543. The Bertz CT molecular complexity index is 1460. The Balaban J connectivity index is 1.52. The molecule has 7 nitrogen and oxygen atoms in total. The first-order valence-corrected chi connectivity index (χ1v) is 9.68. The summed E-state index contributed by atoms with van der Waals surface area (Å²) in [6, 6.07) is 14.8. The summed E-state index contributed by atoms with van der Waals surface area (Å²) in [5.74, 6) is -0.0543. The predicted octanol–water partition coefficient (Wildman–Crippen LogP) is 5.83. The van der Waals surface area contributed by atoms with E-state index in [-0.39, 0.29) is 5.88 Å². The number of para-hydroxylation sites is 1. The van der Waals surface area contributed by atoms with Gasteiger partial charge >= 0.3 is 5.63 Å². The molecule has 0 aliphatic rings. The first-order valence-electron chi connectivity index (χ1n) is 8.80. The van der Waals surface area contributed by atoms with E-state index in [1.54, 1.807) is 17.5 Å². The van der Waals surface area contributed by atoms with Gasteiger partial charge in [0.05, 0.1) is 16.8 Å². The average Bonchev–Trinajstić information content (AvgIpc) is 3.29. The van der Waals surface area contributed by atoms with E-state index in [0.717, 1.165) is 21.9 Å². The number of benzene rings is 2. The molecule has 0 saturated heterocycles. The SMILES string of the molecule is Cc1ccc2[nH]c(O)c(N=Nc3nc(-c4cc5ccccc5oc4=O)cs3)c2c1. The summed E-state index contributed by atoms with van der Waals surface area (Å²) in [6.07, 6.45) is 0. The number of H-pyrrole nitrogens is 1. The molecule has 0 amide bonds. The van der Waals surface area contributed by atoms with E-state index in [1.165, 1.54) is 11.3 Å². The number of aromatic hydroxyl groups is 1. The van der Waals surface area contributed by atoms with Gasteiger partial charge in [0.15, 0.2) is 5.69 Å². The Morgan fingerprint density at radius 1 is 1.14 bits per heavy atom. The minimum Gasteiger partial charge on any atom is -0.493 e. The molecule has 142 valence electrons. The number of aromatic amines is 1. The van der Waals surface area contributed by atoms with Crippen molar-refractivity contribution in [2.45, 2.75) is 6.92 Å². The van der Waals surface area contributed by atoms with Gasteiger partial charge in [0.2, 0.25) is 11.0 Å². The van der Waals surface area contributed by atoms with Crippen LogP contribution < -0.4 is 5.63 Å². The second-order valence-corrected chi connectivity index (χ2v) is 7.41. The molecule has 0 fully saturated rings. The first kappa shape index (κ1) is 17.3. The summed E-state index contributed by atoms with van der Waals surface area (Å²) < 4.78 is 5.37. The van der Waals surface area contributed by atoms with E-state index in [0.29, 0.717) is 27.7 Å². The molecule has 2 aromatic carbocycles. The fraction of sp³-hybridized carbons (Fsp3) is 0.0476. The third-order valence-electron chi connectivity index (χ3n) is 4.55. The number of rotatable bonds is 3. The number of hydrogen-bond donors (Lipinski definition) is 2. The maximum absolute atomic E-state index is 12.3. The molecule has 3 aromatic heterocycles. The van der Waals surface area contributed by atoms with E-state index in [1.807, 2.05) is 43.3 Å². The van der Waals surface area contributed by atoms with Gasteiger partial charge in [0, 0.05) is 16.2 Å². The van der Waals surface area contributed by atoms with E-state index in [2.05, 4.69) is 20.2 Å². The van der Waals surface area contributed by atoms with Crippen LogP contribution in [0, 0.1) is 6.92 Å². The Morgan fingerprint density at radius 2 is 2.00 bits per heavy atom. The summed E-state index contributed by atoms with van der Waals surface area (Å²) in [7, 11) is 0. The van der Waals surface area contributed by atoms with E-state index >= 15 is 0 Å². The summed E-state index contributed by atoms with van der Waals surface area (Å²) in [5, 5.41) is 22.2. The molecule has 5 aromatic rings. The molecule has 0 spiro atoms. The molecule has 0 radical (unpaired) electrons. The van der Waals surface area contributed by atoms with E-state index in [4.69, 9.17) is 4.42 Å². The number of aromatic nitrogens is 2. The highest BCUT2D eigenvalue weighted by Gasteiger charge is 2.13. The number of azo groups is 1. The van der Waals surface area contributed by atoms with Gasteiger partial charge in [-0.05, 0) is 31.2 Å². The molecule has 8 heteroatoms. The zero-order valence-electron chi connectivity index (χ0n) is 15.2. The standard InChI is InChI=1S/C21H14N4O3S/c1-11-6-7-15-13(8-11)18(19(26)22-15)24-25-21-23-16(10-29-21)14-9-12-4-2-3-5-17(12)28-20(14)27/h2-10,22,26H,1H3. The van der Waals surface area contributed by atoms with Crippen LogP contribution in [-0.4, -0.2) is 15.1 Å². The number of aryl methyl sites for hydroxylation is 1. The number of fused-ring (bicyclic) bond motifs is 2. The molecular weight excluding hydrogens is 388 g/mol. The Morgan fingerprint density at radius 3 is 2.90 bits per heavy atom.